The average Bonchev–Trinajstić information content (AvgIpc) is 3.23. The lowest BCUT2D eigenvalue weighted by atomic mass is 9.95. The highest BCUT2D eigenvalue weighted by Crippen LogP contribution is 2.34. The minimum Gasteiger partial charge on any atom is -0.440 e. The van der Waals surface area contributed by atoms with Gasteiger partial charge >= 0.3 is 6.09 Å². The second-order valence-corrected chi connectivity index (χ2v) is 9.14. The van der Waals surface area contributed by atoms with E-state index in [-0.39, 0.29) is 19.0 Å². The quantitative estimate of drug-likeness (QED) is 0.513. The molecule has 0 aliphatic carbocycles. The third-order valence-corrected chi connectivity index (χ3v) is 6.67. The van der Waals surface area contributed by atoms with Gasteiger partial charge in [-0.25, -0.2) is 18.6 Å². The zero-order valence-corrected chi connectivity index (χ0v) is 19.7. The van der Waals surface area contributed by atoms with Crippen LogP contribution in [-0.2, 0) is 17.8 Å². The van der Waals surface area contributed by atoms with Crippen molar-refractivity contribution in [1.29, 1.82) is 0 Å². The molecule has 0 unspecified atom stereocenters. The highest BCUT2D eigenvalue weighted by molar-refractivity contribution is 6.30. The zero-order chi connectivity index (χ0) is 24.4. The van der Waals surface area contributed by atoms with E-state index in [0.717, 1.165) is 48.8 Å². The Hall–Kier alpha value is -3.27. The third kappa shape index (κ3) is 4.80. The number of anilines is 1. The summed E-state index contributed by atoms with van der Waals surface area (Å²) in [5.74, 6) is 2.51. The average molecular weight is 503 g/mol. The molecule has 3 aromatic rings. The fraction of sp³-hybridized carbons (Fsp3) is 0.417. The van der Waals surface area contributed by atoms with Gasteiger partial charge in [-0.15, -0.1) is 10.2 Å². The molecule has 11 heteroatoms. The molecule has 2 aliphatic rings. The lowest BCUT2D eigenvalue weighted by Gasteiger charge is -2.32. The first-order chi connectivity index (χ1) is 17.1. The molecule has 35 heavy (non-hydrogen) atoms. The van der Waals surface area contributed by atoms with Crippen LogP contribution >= 0.6 is 11.6 Å². The molecule has 0 N–H and O–H groups in total. The Morgan fingerprint density at radius 2 is 1.91 bits per heavy atom. The number of hydrogen-bond acceptors (Lipinski definition) is 6. The monoisotopic (exact) mass is 502 g/mol. The molecule has 0 bridgehead atoms. The Balaban J connectivity index is 1.43. The summed E-state index contributed by atoms with van der Waals surface area (Å²) in [6.07, 6.45) is 1.30. The van der Waals surface area contributed by atoms with Gasteiger partial charge in [0.2, 0.25) is 0 Å². The molecule has 2 aromatic heterocycles. The molecule has 0 atom stereocenters. The molecule has 0 radical (unpaired) electrons. The number of amides is 1. The molecule has 5 rings (SSSR count). The molecule has 1 saturated heterocycles. The number of aromatic nitrogens is 4. The maximum atomic E-state index is 13.0. The second-order valence-electron chi connectivity index (χ2n) is 8.70. The van der Waals surface area contributed by atoms with E-state index in [4.69, 9.17) is 16.3 Å². The standard InChI is InChI=1S/C24H25ClF2N6O2/c25-18-4-5-20-17(11-18)14-32(24(34)35-19(12-26)13-27)15-22-29-30-23(33(20)22)16-6-9-31(10-7-16)21-3-1-2-8-28-21/h1-5,8,11,16,19H,6-7,9-10,12-15H2. The van der Waals surface area contributed by atoms with E-state index in [0.29, 0.717) is 10.8 Å². The number of rotatable bonds is 5. The predicted molar refractivity (Wildman–Crippen MR) is 126 cm³/mol. The number of fused-ring (bicyclic) bond motifs is 3. The topological polar surface area (TPSA) is 76.4 Å². The number of ether oxygens (including phenoxy) is 1. The lowest BCUT2D eigenvalue weighted by molar-refractivity contribution is 0.0354. The van der Waals surface area contributed by atoms with E-state index in [9.17, 15) is 13.6 Å². The number of alkyl halides is 2. The highest BCUT2D eigenvalue weighted by Gasteiger charge is 2.32. The van der Waals surface area contributed by atoms with Crippen molar-refractivity contribution in [3.8, 4) is 5.69 Å². The molecule has 1 aromatic carbocycles. The van der Waals surface area contributed by atoms with E-state index in [1.54, 1.807) is 18.3 Å². The number of carbonyl (C=O) groups is 1. The van der Waals surface area contributed by atoms with Crippen LogP contribution in [0.1, 0.15) is 36.0 Å². The molecule has 184 valence electrons. The van der Waals surface area contributed by atoms with Crippen LogP contribution in [-0.4, -0.2) is 63.3 Å². The molecule has 2 aliphatic heterocycles. The molecule has 1 fully saturated rings. The van der Waals surface area contributed by atoms with Crippen LogP contribution in [0.2, 0.25) is 5.02 Å². The van der Waals surface area contributed by atoms with Crippen LogP contribution in [0.15, 0.2) is 42.6 Å². The molecular formula is C24H25ClF2N6O2. The van der Waals surface area contributed by atoms with E-state index in [2.05, 4.69) is 20.1 Å². The summed E-state index contributed by atoms with van der Waals surface area (Å²) in [6.45, 7) is -0.240. The van der Waals surface area contributed by atoms with Crippen molar-refractivity contribution in [2.24, 2.45) is 0 Å². The van der Waals surface area contributed by atoms with Crippen LogP contribution in [0.4, 0.5) is 19.4 Å². The van der Waals surface area contributed by atoms with Crippen LogP contribution in [0, 0.1) is 0 Å². The summed E-state index contributed by atoms with van der Waals surface area (Å²) < 4.78 is 32.9. The Kier molecular flexibility index (Phi) is 6.81. The van der Waals surface area contributed by atoms with Crippen LogP contribution in [0.5, 0.6) is 0 Å². The number of benzene rings is 1. The maximum absolute atomic E-state index is 13.0. The largest absolute Gasteiger partial charge is 0.440 e. The van der Waals surface area contributed by atoms with Crippen molar-refractivity contribution in [1.82, 2.24) is 24.6 Å². The summed E-state index contributed by atoms with van der Waals surface area (Å²) in [5.41, 5.74) is 1.61. The number of nitrogens with zero attached hydrogens (tertiary/aromatic N) is 6. The van der Waals surface area contributed by atoms with Crippen molar-refractivity contribution in [2.45, 2.75) is 38.0 Å². The Morgan fingerprint density at radius 1 is 1.11 bits per heavy atom. The molecule has 4 heterocycles. The van der Waals surface area contributed by atoms with Gasteiger partial charge in [0.05, 0.1) is 18.8 Å². The summed E-state index contributed by atoms with van der Waals surface area (Å²) in [4.78, 5) is 20.8. The first-order valence-electron chi connectivity index (χ1n) is 11.5. The molecule has 0 saturated carbocycles. The summed E-state index contributed by atoms with van der Waals surface area (Å²) in [6, 6.07) is 11.3. The smallest absolute Gasteiger partial charge is 0.410 e. The fourth-order valence-electron chi connectivity index (χ4n) is 4.65. The second kappa shape index (κ2) is 10.2. The summed E-state index contributed by atoms with van der Waals surface area (Å²) in [7, 11) is 0. The Bertz CT molecular complexity index is 1180. The van der Waals surface area contributed by atoms with Crippen molar-refractivity contribution < 1.29 is 18.3 Å². The number of pyridine rings is 1. The van der Waals surface area contributed by atoms with Gasteiger partial charge in [0.15, 0.2) is 11.9 Å². The molecule has 0 spiro atoms. The van der Waals surface area contributed by atoms with Crippen LogP contribution in [0.25, 0.3) is 5.69 Å². The molecular weight excluding hydrogens is 478 g/mol. The summed E-state index contributed by atoms with van der Waals surface area (Å²) in [5, 5.41) is 9.43. The van der Waals surface area contributed by atoms with Gasteiger partial charge in [0.1, 0.15) is 25.0 Å². The lowest BCUT2D eigenvalue weighted by Crippen LogP contribution is -2.34. The van der Waals surface area contributed by atoms with Crippen LogP contribution < -0.4 is 4.90 Å². The number of halogens is 3. The van der Waals surface area contributed by atoms with E-state index < -0.39 is 25.5 Å². The summed E-state index contributed by atoms with van der Waals surface area (Å²) >= 11 is 6.26. The van der Waals surface area contributed by atoms with Crippen molar-refractivity contribution in [3.63, 3.8) is 0 Å². The van der Waals surface area contributed by atoms with Gasteiger partial charge in [-0.1, -0.05) is 17.7 Å². The first kappa shape index (κ1) is 23.5. The first-order valence-corrected chi connectivity index (χ1v) is 11.9. The van der Waals surface area contributed by atoms with Crippen molar-refractivity contribution >= 4 is 23.5 Å². The van der Waals surface area contributed by atoms with Gasteiger partial charge in [0.25, 0.3) is 0 Å². The van der Waals surface area contributed by atoms with Crippen molar-refractivity contribution in [3.05, 3.63) is 64.8 Å². The van der Waals surface area contributed by atoms with Gasteiger partial charge < -0.3 is 9.64 Å². The molecule has 8 nitrogen and oxygen atoms in total. The van der Waals surface area contributed by atoms with Gasteiger partial charge in [0, 0.05) is 30.2 Å². The minimum absolute atomic E-state index is 0.0935. The minimum atomic E-state index is -1.43. The Morgan fingerprint density at radius 3 is 2.63 bits per heavy atom. The van der Waals surface area contributed by atoms with Gasteiger partial charge in [-0.3, -0.25) is 9.47 Å². The number of piperidine rings is 1. The van der Waals surface area contributed by atoms with E-state index in [1.807, 2.05) is 28.8 Å². The van der Waals surface area contributed by atoms with Crippen LogP contribution in [0.3, 0.4) is 0 Å². The van der Waals surface area contributed by atoms with Crippen molar-refractivity contribution in [2.75, 3.05) is 31.3 Å². The molecule has 1 amide bonds. The third-order valence-electron chi connectivity index (χ3n) is 6.43. The maximum Gasteiger partial charge on any atom is 0.410 e. The highest BCUT2D eigenvalue weighted by atomic mass is 35.5. The Labute approximate surface area is 206 Å². The van der Waals surface area contributed by atoms with Gasteiger partial charge in [-0.05, 0) is 48.7 Å². The normalized spacial score (nSPS) is 16.1. The fourth-order valence-corrected chi connectivity index (χ4v) is 4.84. The number of hydrogen-bond donors (Lipinski definition) is 0. The van der Waals surface area contributed by atoms with E-state index >= 15 is 0 Å². The predicted octanol–water partition coefficient (Wildman–Crippen LogP) is 4.46. The van der Waals surface area contributed by atoms with E-state index in [1.165, 1.54) is 4.90 Å². The number of carbonyl (C=O) groups excluding carboxylic acids is 1. The zero-order valence-electron chi connectivity index (χ0n) is 19.0. The SMILES string of the molecule is O=C(OC(CF)CF)N1Cc2cc(Cl)ccc2-n2c(nnc2C2CCN(c3ccccn3)CC2)C1. The van der Waals surface area contributed by atoms with Gasteiger partial charge in [-0.2, -0.15) is 0 Å².